The van der Waals surface area contributed by atoms with Gasteiger partial charge in [-0.3, -0.25) is 0 Å². The summed E-state index contributed by atoms with van der Waals surface area (Å²) in [4.78, 5) is 0. The van der Waals surface area contributed by atoms with E-state index in [0.29, 0.717) is 17.2 Å². The Kier molecular flexibility index (Phi) is 6.83. The molecular weight excluding hydrogens is 368 g/mol. The lowest BCUT2D eigenvalue weighted by atomic mass is 10.1. The molecule has 0 bridgehead atoms. The molecule has 0 unspecified atom stereocenters. The van der Waals surface area contributed by atoms with Gasteiger partial charge in [0.25, 0.3) is 0 Å². The van der Waals surface area contributed by atoms with Gasteiger partial charge in [0.05, 0.1) is 21.3 Å². The second-order valence-electron chi connectivity index (χ2n) is 8.22. The van der Waals surface area contributed by atoms with Crippen LogP contribution in [0.15, 0.2) is 36.4 Å². The Morgan fingerprint density at radius 1 is 0.750 bits per heavy atom. The lowest BCUT2D eigenvalue weighted by Crippen LogP contribution is -2.43. The zero-order valence-electron chi connectivity index (χ0n) is 18.3. The van der Waals surface area contributed by atoms with E-state index >= 15 is 0 Å². The second kappa shape index (κ2) is 8.74. The topological polar surface area (TPSA) is 36.9 Å². The van der Waals surface area contributed by atoms with E-state index in [1.54, 1.807) is 21.3 Å². The Morgan fingerprint density at radius 2 is 1.25 bits per heavy atom. The van der Waals surface area contributed by atoms with E-state index in [9.17, 15) is 0 Å². The van der Waals surface area contributed by atoms with Crippen molar-refractivity contribution in [3.8, 4) is 23.0 Å². The molecule has 0 radical (unpaired) electrons. The highest BCUT2D eigenvalue weighted by molar-refractivity contribution is 6.74. The molecule has 152 valence electrons. The molecular formula is C23H32O4Si. The van der Waals surface area contributed by atoms with Crippen molar-refractivity contribution in [1.82, 2.24) is 0 Å². The first-order valence-electron chi connectivity index (χ1n) is 9.38. The fourth-order valence-corrected chi connectivity index (χ4v) is 3.52. The number of ether oxygens (including phenoxy) is 3. The maximum Gasteiger partial charge on any atom is 0.250 e. The molecule has 0 amide bonds. The number of hydrogen-bond donors (Lipinski definition) is 0. The highest BCUT2D eigenvalue weighted by Crippen LogP contribution is 2.39. The molecule has 0 heterocycles. The summed E-state index contributed by atoms with van der Waals surface area (Å²) in [5, 5.41) is 0.179. The van der Waals surface area contributed by atoms with Gasteiger partial charge in [0.1, 0.15) is 5.75 Å². The lowest BCUT2D eigenvalue weighted by Gasteiger charge is -2.36. The van der Waals surface area contributed by atoms with E-state index in [2.05, 4.69) is 52.1 Å². The number of rotatable bonds is 7. The van der Waals surface area contributed by atoms with E-state index in [1.165, 1.54) is 0 Å². The summed E-state index contributed by atoms with van der Waals surface area (Å²) in [6.07, 6.45) is 4.07. The van der Waals surface area contributed by atoms with Crippen LogP contribution in [-0.4, -0.2) is 29.6 Å². The van der Waals surface area contributed by atoms with Gasteiger partial charge in [-0.2, -0.15) is 0 Å². The van der Waals surface area contributed by atoms with Crippen molar-refractivity contribution in [2.45, 2.75) is 38.9 Å². The summed E-state index contributed by atoms with van der Waals surface area (Å²) in [5.41, 5.74) is 2.06. The Morgan fingerprint density at radius 3 is 1.68 bits per heavy atom. The second-order valence-corrected chi connectivity index (χ2v) is 12.9. The molecule has 0 spiro atoms. The first kappa shape index (κ1) is 21.9. The predicted molar refractivity (Wildman–Crippen MR) is 119 cm³/mol. The van der Waals surface area contributed by atoms with Crippen LogP contribution >= 0.6 is 0 Å². The number of hydrogen-bond acceptors (Lipinski definition) is 4. The van der Waals surface area contributed by atoms with Crippen LogP contribution in [0.3, 0.4) is 0 Å². The maximum atomic E-state index is 6.34. The monoisotopic (exact) mass is 400 g/mol. The smallest absolute Gasteiger partial charge is 0.250 e. The molecule has 5 heteroatoms. The van der Waals surface area contributed by atoms with Gasteiger partial charge >= 0.3 is 0 Å². The molecule has 28 heavy (non-hydrogen) atoms. The molecule has 0 aliphatic rings. The van der Waals surface area contributed by atoms with Gasteiger partial charge < -0.3 is 18.6 Å². The summed E-state index contributed by atoms with van der Waals surface area (Å²) < 4.78 is 22.5. The Labute approximate surface area is 170 Å². The van der Waals surface area contributed by atoms with Crippen LogP contribution in [0, 0.1) is 0 Å². The molecule has 2 rings (SSSR count). The minimum Gasteiger partial charge on any atom is -0.544 e. The van der Waals surface area contributed by atoms with Crippen LogP contribution in [0.4, 0.5) is 0 Å². The van der Waals surface area contributed by atoms with E-state index in [0.717, 1.165) is 16.9 Å². The summed E-state index contributed by atoms with van der Waals surface area (Å²) in [6.45, 7) is 11.2. The SMILES string of the molecule is COc1cc(C=Cc2ccc(O[Si](C)(C)C(C)(C)C)cc2)cc(OC)c1OC. The van der Waals surface area contributed by atoms with Gasteiger partial charge in [-0.05, 0) is 53.5 Å². The minimum atomic E-state index is -1.82. The van der Waals surface area contributed by atoms with Crippen LogP contribution in [-0.2, 0) is 0 Å². The van der Waals surface area contributed by atoms with Crippen molar-refractivity contribution in [1.29, 1.82) is 0 Å². The lowest BCUT2D eigenvalue weighted by molar-refractivity contribution is 0.324. The molecule has 0 saturated heterocycles. The van der Waals surface area contributed by atoms with Crippen molar-refractivity contribution in [3.63, 3.8) is 0 Å². The van der Waals surface area contributed by atoms with Crippen molar-refractivity contribution in [2.24, 2.45) is 0 Å². The fourth-order valence-electron chi connectivity index (χ4n) is 2.48. The Balaban J connectivity index is 2.19. The van der Waals surface area contributed by atoms with Gasteiger partial charge in [0.15, 0.2) is 11.5 Å². The third kappa shape index (κ3) is 5.10. The molecule has 0 saturated carbocycles. The Bertz CT molecular complexity index is 792. The van der Waals surface area contributed by atoms with Gasteiger partial charge in [-0.15, -0.1) is 0 Å². The van der Waals surface area contributed by atoms with E-state index in [1.807, 2.05) is 30.3 Å². The van der Waals surface area contributed by atoms with E-state index in [4.69, 9.17) is 18.6 Å². The van der Waals surface area contributed by atoms with Crippen LogP contribution in [0.5, 0.6) is 23.0 Å². The van der Waals surface area contributed by atoms with Crippen LogP contribution in [0.25, 0.3) is 12.2 Å². The predicted octanol–water partition coefficient (Wildman–Crippen LogP) is 6.27. The number of methoxy groups -OCH3 is 3. The van der Waals surface area contributed by atoms with E-state index < -0.39 is 8.32 Å². The zero-order chi connectivity index (χ0) is 20.9. The number of benzene rings is 2. The summed E-state index contributed by atoms with van der Waals surface area (Å²) >= 11 is 0. The van der Waals surface area contributed by atoms with Gasteiger partial charge in [-0.1, -0.05) is 45.1 Å². The van der Waals surface area contributed by atoms with Gasteiger partial charge in [0.2, 0.25) is 14.1 Å². The third-order valence-corrected chi connectivity index (χ3v) is 9.57. The van der Waals surface area contributed by atoms with Crippen molar-refractivity contribution in [2.75, 3.05) is 21.3 Å². The van der Waals surface area contributed by atoms with Crippen LogP contribution < -0.4 is 18.6 Å². The summed E-state index contributed by atoms with van der Waals surface area (Å²) in [7, 11) is 3.01. The average molecular weight is 401 g/mol. The van der Waals surface area contributed by atoms with Crippen molar-refractivity contribution in [3.05, 3.63) is 47.5 Å². The molecule has 0 N–H and O–H groups in total. The Hall–Kier alpha value is -2.40. The standard InChI is InChI=1S/C23H32O4Si/c1-23(2,3)28(7,8)27-19-13-11-17(12-14-19)9-10-18-15-20(24-4)22(26-6)21(16-18)25-5/h9-16H,1-8H3. The largest absolute Gasteiger partial charge is 0.544 e. The van der Waals surface area contributed by atoms with Gasteiger partial charge in [-0.25, -0.2) is 0 Å². The zero-order valence-corrected chi connectivity index (χ0v) is 19.3. The quantitative estimate of drug-likeness (QED) is 0.406. The van der Waals surface area contributed by atoms with Crippen LogP contribution in [0.1, 0.15) is 31.9 Å². The molecule has 0 fully saturated rings. The van der Waals surface area contributed by atoms with Crippen molar-refractivity contribution >= 4 is 20.5 Å². The first-order valence-corrected chi connectivity index (χ1v) is 12.3. The van der Waals surface area contributed by atoms with Gasteiger partial charge in [0, 0.05) is 0 Å². The average Bonchev–Trinajstić information content (AvgIpc) is 2.65. The fraction of sp³-hybridized carbons (Fsp3) is 0.391. The molecule has 0 aliphatic carbocycles. The highest BCUT2D eigenvalue weighted by atomic mass is 28.4. The normalized spacial score (nSPS) is 12.1. The molecule has 0 atom stereocenters. The molecule has 0 aliphatic heterocycles. The maximum absolute atomic E-state index is 6.34. The molecule has 2 aromatic carbocycles. The van der Waals surface area contributed by atoms with Crippen LogP contribution in [0.2, 0.25) is 18.1 Å². The molecule has 4 nitrogen and oxygen atoms in total. The van der Waals surface area contributed by atoms with Crippen molar-refractivity contribution < 1.29 is 18.6 Å². The third-order valence-electron chi connectivity index (χ3n) is 5.21. The summed E-state index contributed by atoms with van der Waals surface area (Å²) in [6, 6.07) is 12.1. The highest BCUT2D eigenvalue weighted by Gasteiger charge is 2.38. The molecule has 0 aromatic heterocycles. The van der Waals surface area contributed by atoms with E-state index in [-0.39, 0.29) is 5.04 Å². The molecule has 2 aromatic rings. The minimum absolute atomic E-state index is 0.179. The first-order chi connectivity index (χ1) is 13.1. The summed E-state index contributed by atoms with van der Waals surface area (Å²) in [5.74, 6) is 2.80.